The van der Waals surface area contributed by atoms with Crippen molar-refractivity contribution in [3.63, 3.8) is 0 Å². The molecule has 0 amide bonds. The molecule has 0 aliphatic heterocycles. The van der Waals surface area contributed by atoms with Gasteiger partial charge in [0.25, 0.3) is 16.7 Å². The molecule has 0 spiro atoms. The zero-order chi connectivity index (χ0) is 66.1. The fourth-order valence-corrected chi connectivity index (χ4v) is 11.5. The van der Waals surface area contributed by atoms with E-state index in [1.165, 1.54) is 45.9 Å². The zero-order valence-electron chi connectivity index (χ0n) is 50.9. The van der Waals surface area contributed by atoms with Gasteiger partial charge in [-0.3, -0.25) is 41.8 Å². The molecule has 32 heteroatoms. The summed E-state index contributed by atoms with van der Waals surface area (Å²) in [7, 11) is 9.45. The summed E-state index contributed by atoms with van der Waals surface area (Å²) in [6.07, 6.45) is -0.659. The summed E-state index contributed by atoms with van der Waals surface area (Å²) in [5.41, 5.74) is 1.78. The molecular weight excluding hydrogens is 1240 g/mol. The van der Waals surface area contributed by atoms with Crippen LogP contribution in [0.3, 0.4) is 0 Å². The molecular formula is C59H59Cl3N18O11. The first-order valence-electron chi connectivity index (χ1n) is 27.6. The van der Waals surface area contributed by atoms with Gasteiger partial charge in [-0.25, -0.2) is 38.7 Å². The van der Waals surface area contributed by atoms with Gasteiger partial charge < -0.3 is 44.0 Å². The Morgan fingerprint density at radius 3 is 1.19 bits per heavy atom. The van der Waals surface area contributed by atoms with Crippen molar-refractivity contribution in [1.82, 2.24) is 70.6 Å². The van der Waals surface area contributed by atoms with E-state index in [-0.39, 0.29) is 76.1 Å². The van der Waals surface area contributed by atoms with Crippen molar-refractivity contribution in [3.05, 3.63) is 185 Å². The summed E-state index contributed by atoms with van der Waals surface area (Å²) >= 11 is 18.8. The average molecular weight is 1300 g/mol. The summed E-state index contributed by atoms with van der Waals surface area (Å²) in [4.78, 5) is 111. The molecule has 29 nitrogen and oxygen atoms in total. The van der Waals surface area contributed by atoms with E-state index in [0.29, 0.717) is 54.7 Å². The van der Waals surface area contributed by atoms with Gasteiger partial charge in [-0.1, -0.05) is 68.5 Å². The molecule has 12 rings (SSSR count). The predicted molar refractivity (Wildman–Crippen MR) is 345 cm³/mol. The third kappa shape index (κ3) is 11.2. The van der Waals surface area contributed by atoms with Crippen LogP contribution in [0.15, 0.2) is 117 Å². The molecule has 472 valence electrons. The van der Waals surface area contributed by atoms with Crippen LogP contribution in [0.4, 0.5) is 4.79 Å². The Bertz CT molecular complexity index is 5280. The van der Waals surface area contributed by atoms with Gasteiger partial charge in [0, 0.05) is 95.9 Å². The number of aryl methyl sites for hydroxylation is 6. The molecule has 12 aromatic rings. The fourth-order valence-electron chi connectivity index (χ4n) is 10.8. The summed E-state index contributed by atoms with van der Waals surface area (Å²) < 4.78 is 18.5. The first-order valence-corrected chi connectivity index (χ1v) is 28.8. The standard InChI is InChI=1S/C23H25ClN6O5.2C18H17ClN6O3/c1-12(26-34)18-25-19-17(27(18)5)20(31)29(21(32)28(19)6)11-13-10-14-15(24)8-7-9-16(14)30(13)22(33)35-23(2,3)4;2*1-9(22-28)15-21-16-14(23(15)2)17(26)25(18(27)24(16)3)8-10-7-11-12(19)5-4-6-13(11)20-10/h7-10,34H,11H2,1-6H3;2*4-7,20,28H,8H2,1-3H3/b26-12-;22-9+;22-9-. The van der Waals surface area contributed by atoms with Gasteiger partial charge in [0.2, 0.25) is 0 Å². The highest BCUT2D eigenvalue weighted by Crippen LogP contribution is 2.30. The quantitative estimate of drug-likeness (QED) is 0.0570. The molecule has 0 aliphatic carbocycles. The molecule has 0 radical (unpaired) electrons. The van der Waals surface area contributed by atoms with E-state index in [1.54, 1.807) is 106 Å². The largest absolute Gasteiger partial charge is 0.443 e. The molecule has 0 saturated heterocycles. The van der Waals surface area contributed by atoms with Gasteiger partial charge in [0.05, 0.1) is 30.8 Å². The number of fused-ring (bicyclic) bond motifs is 6. The number of H-pyrrole nitrogens is 2. The van der Waals surface area contributed by atoms with Crippen LogP contribution in [0.5, 0.6) is 0 Å². The third-order valence-corrected chi connectivity index (χ3v) is 16.2. The number of halogens is 3. The number of oxime groups is 3. The van der Waals surface area contributed by atoms with Gasteiger partial charge in [0.15, 0.2) is 51.0 Å². The third-order valence-electron chi connectivity index (χ3n) is 15.3. The van der Waals surface area contributed by atoms with Crippen LogP contribution in [0.25, 0.3) is 66.2 Å². The number of carbonyl (C=O) groups is 1. The number of nitrogens with zero attached hydrogens (tertiary/aromatic N) is 16. The smallest absolute Gasteiger partial charge is 0.419 e. The van der Waals surface area contributed by atoms with Crippen LogP contribution in [-0.4, -0.2) is 115 Å². The minimum atomic E-state index is -0.771. The number of rotatable bonds is 9. The maximum Gasteiger partial charge on any atom is 0.419 e. The Labute approximate surface area is 527 Å². The Morgan fingerprint density at radius 2 is 0.846 bits per heavy atom. The Kier molecular flexibility index (Phi) is 16.8. The van der Waals surface area contributed by atoms with Crippen molar-refractivity contribution in [3.8, 4) is 0 Å². The molecule has 0 bridgehead atoms. The molecule has 0 atom stereocenters. The van der Waals surface area contributed by atoms with Crippen molar-refractivity contribution >= 4 is 124 Å². The second-order valence-corrected chi connectivity index (χ2v) is 23.6. The number of carbonyl (C=O) groups excluding carboxylic acids is 1. The lowest BCUT2D eigenvalue weighted by Crippen LogP contribution is -2.40. The molecule has 9 aromatic heterocycles. The molecule has 5 N–H and O–H groups in total. The molecule has 9 heterocycles. The maximum absolute atomic E-state index is 13.5. The van der Waals surface area contributed by atoms with Crippen molar-refractivity contribution in [2.24, 2.45) is 57.8 Å². The van der Waals surface area contributed by atoms with E-state index in [1.807, 2.05) is 36.4 Å². The molecule has 0 saturated carbocycles. The lowest BCUT2D eigenvalue weighted by atomic mass is 10.2. The van der Waals surface area contributed by atoms with Crippen molar-refractivity contribution in [2.75, 3.05) is 0 Å². The first kappa shape index (κ1) is 63.5. The minimum absolute atomic E-state index is 0.0556. The van der Waals surface area contributed by atoms with Crippen LogP contribution in [0, 0.1) is 0 Å². The Balaban J connectivity index is 0.000000151. The fraction of sp³-hybridized carbons (Fsp3) is 0.271. The Hall–Kier alpha value is -10.5. The summed E-state index contributed by atoms with van der Waals surface area (Å²) in [6, 6.07) is 21.4. The van der Waals surface area contributed by atoms with Crippen LogP contribution >= 0.6 is 34.8 Å². The van der Waals surface area contributed by atoms with E-state index >= 15 is 0 Å². The lowest BCUT2D eigenvalue weighted by Gasteiger charge is -2.21. The van der Waals surface area contributed by atoms with Crippen molar-refractivity contribution in [1.29, 1.82) is 0 Å². The molecule has 91 heavy (non-hydrogen) atoms. The summed E-state index contributed by atoms with van der Waals surface area (Å²) in [5, 5.41) is 40.5. The average Bonchev–Trinajstić information content (AvgIpc) is 1.65. The van der Waals surface area contributed by atoms with Gasteiger partial charge in [-0.05, 0) is 96.1 Å². The zero-order valence-corrected chi connectivity index (χ0v) is 53.2. The number of benzene rings is 3. The molecule has 0 fully saturated rings. The van der Waals surface area contributed by atoms with Gasteiger partial charge in [-0.2, -0.15) is 0 Å². The molecule has 0 unspecified atom stereocenters. The minimum Gasteiger partial charge on any atom is -0.443 e. The van der Waals surface area contributed by atoms with Gasteiger partial charge in [0.1, 0.15) is 22.7 Å². The number of imidazole rings is 3. The molecule has 0 aliphatic rings. The van der Waals surface area contributed by atoms with Crippen LogP contribution in [0.2, 0.25) is 15.1 Å². The first-order chi connectivity index (χ1) is 43.0. The SMILES string of the molecule is C/C(=N/O)c1nc2c(c(=O)n(Cc3cc4c(Cl)cccc4[nH]3)c(=O)n2C)n1C.C/C(=N/O)c1nc2c(c(=O)n(Cc3cc4c(Cl)cccc4n3C(=O)OC(C)(C)C)c(=O)n2C)n1C.C/C(=N\O)c1nc2c(c(=O)n(Cc3cc4c(Cl)cccc4[nH]3)c(=O)n2C)n1C. The number of aromatic nitrogens is 15. The highest BCUT2D eigenvalue weighted by Gasteiger charge is 2.27. The van der Waals surface area contributed by atoms with Crippen molar-refractivity contribution in [2.45, 2.75) is 66.8 Å². The number of nitrogens with one attached hydrogen (secondary N) is 2. The Morgan fingerprint density at radius 1 is 0.505 bits per heavy atom. The van der Waals surface area contributed by atoms with E-state index in [0.717, 1.165) is 35.5 Å². The van der Waals surface area contributed by atoms with Crippen LogP contribution < -0.4 is 33.7 Å². The predicted octanol–water partition coefficient (Wildman–Crippen LogP) is 6.70. The van der Waals surface area contributed by atoms with E-state index in [2.05, 4.69) is 40.4 Å². The second-order valence-electron chi connectivity index (χ2n) is 22.4. The van der Waals surface area contributed by atoms with Gasteiger partial charge >= 0.3 is 23.2 Å². The molecule has 3 aromatic carbocycles. The van der Waals surface area contributed by atoms with E-state index < -0.39 is 45.4 Å². The van der Waals surface area contributed by atoms with E-state index in [9.17, 15) is 33.6 Å². The summed E-state index contributed by atoms with van der Waals surface area (Å²) in [6.45, 7) is 9.78. The van der Waals surface area contributed by atoms with Crippen molar-refractivity contribution < 1.29 is 25.2 Å². The normalized spacial score (nSPS) is 12.5. The summed E-state index contributed by atoms with van der Waals surface area (Å²) in [5.74, 6) is 0.849. The second kappa shape index (κ2) is 24.1. The highest BCUT2D eigenvalue weighted by molar-refractivity contribution is 6.36. The highest BCUT2D eigenvalue weighted by atomic mass is 35.5. The van der Waals surface area contributed by atoms with Crippen LogP contribution in [0.1, 0.15) is 76.1 Å². The maximum atomic E-state index is 13.5. The van der Waals surface area contributed by atoms with Gasteiger partial charge in [-0.15, -0.1) is 0 Å². The van der Waals surface area contributed by atoms with Crippen LogP contribution in [-0.2, 0) is 66.7 Å². The van der Waals surface area contributed by atoms with E-state index in [4.69, 9.17) is 55.2 Å². The number of hydrogen-bond acceptors (Lipinski definition) is 17. The lowest BCUT2D eigenvalue weighted by molar-refractivity contribution is 0.0539. The monoisotopic (exact) mass is 1300 g/mol. The topological polar surface area (TPSA) is 346 Å². The number of hydrogen-bond donors (Lipinski definition) is 5. The number of ether oxygens (including phenoxy) is 1. The number of aromatic amines is 2.